The van der Waals surface area contributed by atoms with Crippen molar-refractivity contribution >= 4 is 41.5 Å². The molecule has 0 radical (unpaired) electrons. The van der Waals surface area contributed by atoms with Gasteiger partial charge in [0.2, 0.25) is 6.71 Å². The SMILES string of the molecule is C=C[Si](Cn1ccnc1)(c1ccccc1)c1ccccc1.c1ccc(B(c2ccccc2)c2ccccc2)cc1. The van der Waals surface area contributed by atoms with Crippen molar-refractivity contribution in [2.24, 2.45) is 0 Å². The summed E-state index contributed by atoms with van der Waals surface area (Å²) in [7, 11) is -2.04. The molecule has 0 atom stereocenters. The van der Waals surface area contributed by atoms with Crippen LogP contribution in [0.4, 0.5) is 0 Å². The Labute approximate surface area is 239 Å². The highest BCUT2D eigenvalue weighted by Gasteiger charge is 2.34. The molecule has 0 spiro atoms. The molecule has 0 aliphatic carbocycles. The zero-order chi connectivity index (χ0) is 27.5. The molecule has 0 unspecified atom stereocenters. The average Bonchev–Trinajstić information content (AvgIpc) is 3.56. The van der Waals surface area contributed by atoms with Crippen molar-refractivity contribution in [3.05, 3.63) is 183 Å². The van der Waals surface area contributed by atoms with Crippen molar-refractivity contribution in [2.75, 3.05) is 0 Å². The van der Waals surface area contributed by atoms with E-state index in [-0.39, 0.29) is 0 Å². The third-order valence-electron chi connectivity index (χ3n) is 7.32. The molecule has 0 amide bonds. The van der Waals surface area contributed by atoms with Gasteiger partial charge in [0.25, 0.3) is 0 Å². The van der Waals surface area contributed by atoms with E-state index in [4.69, 9.17) is 0 Å². The molecule has 1 aromatic heterocycles. The quantitative estimate of drug-likeness (QED) is 0.262. The lowest BCUT2D eigenvalue weighted by molar-refractivity contribution is 0.861. The van der Waals surface area contributed by atoms with Gasteiger partial charge >= 0.3 is 0 Å². The molecular weight excluding hydrogens is 499 g/mol. The Kier molecular flexibility index (Phi) is 9.03. The maximum absolute atomic E-state index is 4.19. The zero-order valence-electron chi connectivity index (χ0n) is 22.6. The second-order valence-corrected chi connectivity index (χ2v) is 13.6. The highest BCUT2D eigenvalue weighted by molar-refractivity contribution is 7.05. The van der Waals surface area contributed by atoms with E-state index < -0.39 is 8.07 Å². The van der Waals surface area contributed by atoms with Gasteiger partial charge < -0.3 is 4.57 Å². The van der Waals surface area contributed by atoms with E-state index in [9.17, 15) is 0 Å². The van der Waals surface area contributed by atoms with Crippen molar-refractivity contribution in [1.29, 1.82) is 0 Å². The molecule has 6 aromatic rings. The normalized spacial score (nSPS) is 10.7. The van der Waals surface area contributed by atoms with Gasteiger partial charge in [0, 0.05) is 18.6 Å². The fraction of sp³-hybridized carbons (Fsp3) is 0.0278. The zero-order valence-corrected chi connectivity index (χ0v) is 23.6. The largest absolute Gasteiger partial charge is 0.339 e. The molecule has 40 heavy (non-hydrogen) atoms. The third kappa shape index (κ3) is 6.31. The summed E-state index contributed by atoms with van der Waals surface area (Å²) in [4.78, 5) is 4.18. The second-order valence-electron chi connectivity index (χ2n) is 9.81. The van der Waals surface area contributed by atoms with Gasteiger partial charge in [0.1, 0.15) is 0 Å². The standard InChI is InChI=1S/C18H15B.C18H18N2Si/c1-4-10-16(11-5-1)19(17-12-6-2-7-13-17)18-14-8-3-9-15-18;1-2-21(16-20-14-13-19-15-20,17-9-5-3-6-10-17)18-11-7-4-8-12-18/h1-15H;2-15H,1,16H2. The van der Waals surface area contributed by atoms with Crippen LogP contribution in [0.3, 0.4) is 0 Å². The van der Waals surface area contributed by atoms with Gasteiger partial charge in [0.05, 0.1) is 6.33 Å². The molecule has 0 aliphatic heterocycles. The van der Waals surface area contributed by atoms with Crippen molar-refractivity contribution in [3.8, 4) is 0 Å². The van der Waals surface area contributed by atoms with E-state index in [1.54, 1.807) is 0 Å². The molecule has 5 aromatic carbocycles. The minimum atomic E-state index is -2.04. The first-order valence-electron chi connectivity index (χ1n) is 13.7. The number of benzene rings is 5. The first kappa shape index (κ1) is 26.9. The van der Waals surface area contributed by atoms with Crippen LogP contribution in [0.25, 0.3) is 0 Å². The molecule has 0 fully saturated rings. The predicted molar refractivity (Wildman–Crippen MR) is 174 cm³/mol. The van der Waals surface area contributed by atoms with Gasteiger partial charge in [-0.25, -0.2) is 4.98 Å². The lowest BCUT2D eigenvalue weighted by Crippen LogP contribution is -2.60. The van der Waals surface area contributed by atoms with E-state index in [0.717, 1.165) is 6.17 Å². The fourth-order valence-electron chi connectivity index (χ4n) is 5.30. The van der Waals surface area contributed by atoms with Crippen LogP contribution >= 0.6 is 0 Å². The Hall–Kier alpha value is -4.67. The molecule has 6 rings (SSSR count). The highest BCUT2D eigenvalue weighted by Crippen LogP contribution is 2.10. The van der Waals surface area contributed by atoms with Gasteiger partial charge in [0.15, 0.2) is 8.07 Å². The summed E-state index contributed by atoms with van der Waals surface area (Å²) < 4.78 is 2.16. The molecular formula is C36H33BN2Si. The first-order chi connectivity index (χ1) is 19.8. The Morgan fingerprint density at radius 2 is 0.950 bits per heavy atom. The van der Waals surface area contributed by atoms with Gasteiger partial charge in [-0.2, -0.15) is 0 Å². The summed E-state index contributed by atoms with van der Waals surface area (Å²) in [5, 5.41) is 2.75. The maximum atomic E-state index is 4.19. The topological polar surface area (TPSA) is 17.8 Å². The first-order valence-corrected chi connectivity index (χ1v) is 15.9. The molecule has 4 heteroatoms. The number of hydrogen-bond acceptors (Lipinski definition) is 1. The van der Waals surface area contributed by atoms with Gasteiger partial charge in [-0.05, 0) is 10.4 Å². The molecule has 1 heterocycles. The molecule has 0 saturated carbocycles. The van der Waals surface area contributed by atoms with E-state index in [2.05, 4.69) is 173 Å². The average molecular weight is 533 g/mol. The fourth-order valence-corrected chi connectivity index (χ4v) is 8.94. The monoisotopic (exact) mass is 532 g/mol. The minimum absolute atomic E-state index is 0.309. The predicted octanol–water partition coefficient (Wildman–Crippen LogP) is 4.61. The highest BCUT2D eigenvalue weighted by atomic mass is 28.3. The molecule has 0 saturated heterocycles. The van der Waals surface area contributed by atoms with E-state index in [1.165, 1.54) is 26.8 Å². The van der Waals surface area contributed by atoms with E-state index >= 15 is 0 Å². The lowest BCUT2D eigenvalue weighted by Gasteiger charge is -2.30. The number of nitrogens with zero attached hydrogens (tertiary/aromatic N) is 2. The van der Waals surface area contributed by atoms with Gasteiger partial charge in [-0.3, -0.25) is 0 Å². The van der Waals surface area contributed by atoms with E-state index in [1.807, 2.05) is 18.7 Å². The van der Waals surface area contributed by atoms with Crippen molar-refractivity contribution in [1.82, 2.24) is 9.55 Å². The Morgan fingerprint density at radius 1 is 0.575 bits per heavy atom. The Bertz CT molecular complexity index is 1420. The van der Waals surface area contributed by atoms with Crippen LogP contribution < -0.4 is 26.8 Å². The summed E-state index contributed by atoms with van der Waals surface area (Å²) in [6.45, 7) is 4.50. The van der Waals surface area contributed by atoms with Crippen LogP contribution in [0.5, 0.6) is 0 Å². The van der Waals surface area contributed by atoms with Crippen LogP contribution in [-0.2, 0) is 6.17 Å². The molecule has 0 N–H and O–H groups in total. The lowest BCUT2D eigenvalue weighted by atomic mass is 9.37. The maximum Gasteiger partial charge on any atom is 0.241 e. The summed E-state index contributed by atoms with van der Waals surface area (Å²) in [5.41, 5.74) is 6.18. The summed E-state index contributed by atoms with van der Waals surface area (Å²) in [6.07, 6.45) is 6.66. The number of rotatable bonds is 8. The third-order valence-corrected chi connectivity index (χ3v) is 11.6. The van der Waals surface area contributed by atoms with Crippen LogP contribution in [0.1, 0.15) is 0 Å². The Morgan fingerprint density at radius 3 is 1.27 bits per heavy atom. The van der Waals surface area contributed by atoms with Gasteiger partial charge in [-0.15, -0.1) is 6.58 Å². The van der Waals surface area contributed by atoms with Crippen LogP contribution in [0.2, 0.25) is 0 Å². The Balaban J connectivity index is 0.000000162. The van der Waals surface area contributed by atoms with Crippen molar-refractivity contribution in [3.63, 3.8) is 0 Å². The summed E-state index contributed by atoms with van der Waals surface area (Å²) >= 11 is 0. The number of imidazole rings is 1. The van der Waals surface area contributed by atoms with E-state index in [0.29, 0.717) is 6.71 Å². The summed E-state index contributed by atoms with van der Waals surface area (Å²) in [6, 6.07) is 53.5. The van der Waals surface area contributed by atoms with Crippen LogP contribution in [-0.4, -0.2) is 24.3 Å². The van der Waals surface area contributed by atoms with Crippen molar-refractivity contribution < 1.29 is 0 Å². The number of hydrogen-bond donors (Lipinski definition) is 0. The molecule has 2 nitrogen and oxygen atoms in total. The number of aromatic nitrogens is 2. The van der Waals surface area contributed by atoms with Crippen LogP contribution in [0.15, 0.2) is 183 Å². The van der Waals surface area contributed by atoms with Crippen molar-refractivity contribution in [2.45, 2.75) is 6.17 Å². The molecule has 0 aliphatic rings. The van der Waals surface area contributed by atoms with Gasteiger partial charge in [-0.1, -0.05) is 174 Å². The van der Waals surface area contributed by atoms with Crippen LogP contribution in [0, 0.1) is 0 Å². The smallest absolute Gasteiger partial charge is 0.241 e. The summed E-state index contributed by atoms with van der Waals surface area (Å²) in [5.74, 6) is 0. The molecule has 194 valence electrons. The minimum Gasteiger partial charge on any atom is -0.339 e. The second kappa shape index (κ2) is 13.4. The molecule has 0 bridgehead atoms.